The summed E-state index contributed by atoms with van der Waals surface area (Å²) in [6.07, 6.45) is 7.73. The van der Waals surface area contributed by atoms with Crippen LogP contribution in [-0.4, -0.2) is 30.3 Å². The molecule has 1 N–H and O–H groups in total. The van der Waals surface area contributed by atoms with E-state index in [2.05, 4.69) is 15.5 Å². The van der Waals surface area contributed by atoms with E-state index < -0.39 is 9.84 Å². The Bertz CT molecular complexity index is 592. The van der Waals surface area contributed by atoms with Gasteiger partial charge in [0.15, 0.2) is 0 Å². The molecule has 0 radical (unpaired) electrons. The number of carbonyl (C=O) groups is 1. The molecule has 1 aromatic heterocycles. The number of carbonyl (C=O) groups excluding carboxylic acids is 1. The lowest BCUT2D eigenvalue weighted by atomic mass is 10.0. The van der Waals surface area contributed by atoms with Gasteiger partial charge in [-0.3, -0.25) is 4.79 Å². The van der Waals surface area contributed by atoms with Crippen LogP contribution in [0.25, 0.3) is 0 Å². The molecular formula is C14H23N3O3S2. The molecule has 0 spiro atoms. The fourth-order valence-corrected chi connectivity index (χ4v) is 5.12. The summed E-state index contributed by atoms with van der Waals surface area (Å²) >= 11 is 0.935. The number of sulfone groups is 1. The fourth-order valence-electron chi connectivity index (χ4n) is 2.62. The fraction of sp³-hybridized carbons (Fsp3) is 0.786. The summed E-state index contributed by atoms with van der Waals surface area (Å²) in [7, 11) is -3.37. The predicted molar refractivity (Wildman–Crippen MR) is 86.7 cm³/mol. The Balaban J connectivity index is 1.84. The first-order chi connectivity index (χ1) is 10.5. The molecule has 8 heteroatoms. The van der Waals surface area contributed by atoms with Crippen molar-refractivity contribution in [2.75, 3.05) is 11.1 Å². The van der Waals surface area contributed by atoms with E-state index in [9.17, 15) is 13.2 Å². The predicted octanol–water partition coefficient (Wildman–Crippen LogP) is 3.02. The van der Waals surface area contributed by atoms with Gasteiger partial charge in [0.05, 0.1) is 5.75 Å². The number of hydrogen-bond acceptors (Lipinski definition) is 6. The van der Waals surface area contributed by atoms with Gasteiger partial charge in [-0.2, -0.15) is 0 Å². The van der Waals surface area contributed by atoms with Crippen LogP contribution >= 0.6 is 11.3 Å². The molecule has 1 heterocycles. The third-order valence-electron chi connectivity index (χ3n) is 3.94. The quantitative estimate of drug-likeness (QED) is 0.732. The van der Waals surface area contributed by atoms with Gasteiger partial charge in [0, 0.05) is 6.42 Å². The van der Waals surface area contributed by atoms with Gasteiger partial charge in [0.25, 0.3) is 0 Å². The van der Waals surface area contributed by atoms with Crippen molar-refractivity contribution in [1.82, 2.24) is 10.2 Å². The van der Waals surface area contributed by atoms with E-state index in [0.717, 1.165) is 24.2 Å². The van der Waals surface area contributed by atoms with Gasteiger partial charge in [-0.05, 0) is 18.8 Å². The van der Waals surface area contributed by atoms with Gasteiger partial charge in [-0.1, -0.05) is 50.4 Å². The molecule has 0 saturated heterocycles. The molecule has 1 amide bonds. The SMILES string of the molecule is CCCCS(=O)(=O)c1nnc(NC(=O)CCC2CCCC2)s1. The van der Waals surface area contributed by atoms with E-state index in [1.807, 2.05) is 6.92 Å². The van der Waals surface area contributed by atoms with Crippen molar-refractivity contribution in [3.63, 3.8) is 0 Å². The summed E-state index contributed by atoms with van der Waals surface area (Å²) in [6.45, 7) is 1.94. The van der Waals surface area contributed by atoms with Crippen molar-refractivity contribution in [3.8, 4) is 0 Å². The second-order valence-corrected chi connectivity index (χ2v) is 9.04. The van der Waals surface area contributed by atoms with Crippen molar-refractivity contribution in [3.05, 3.63) is 0 Å². The molecule has 22 heavy (non-hydrogen) atoms. The Morgan fingerprint density at radius 1 is 1.32 bits per heavy atom. The molecule has 1 fully saturated rings. The van der Waals surface area contributed by atoms with Gasteiger partial charge >= 0.3 is 0 Å². The summed E-state index contributed by atoms with van der Waals surface area (Å²) in [5.74, 6) is 0.624. The zero-order valence-corrected chi connectivity index (χ0v) is 14.5. The molecule has 0 aliphatic heterocycles. The summed E-state index contributed by atoms with van der Waals surface area (Å²) in [6, 6.07) is 0. The first kappa shape index (κ1) is 17.3. The largest absolute Gasteiger partial charge is 0.301 e. The Hall–Kier alpha value is -1.02. The van der Waals surface area contributed by atoms with Crippen LogP contribution in [0.3, 0.4) is 0 Å². The molecule has 124 valence electrons. The molecule has 1 aromatic rings. The maximum absolute atomic E-state index is 12.0. The molecular weight excluding hydrogens is 322 g/mol. The lowest BCUT2D eigenvalue weighted by Gasteiger charge is -2.07. The first-order valence-electron chi connectivity index (χ1n) is 7.87. The maximum atomic E-state index is 12.0. The van der Waals surface area contributed by atoms with Crippen LogP contribution < -0.4 is 5.32 Å². The zero-order chi connectivity index (χ0) is 16.0. The smallest absolute Gasteiger partial charge is 0.234 e. The molecule has 0 atom stereocenters. The highest BCUT2D eigenvalue weighted by molar-refractivity contribution is 7.93. The van der Waals surface area contributed by atoms with Crippen LogP contribution in [0.5, 0.6) is 0 Å². The summed E-state index contributed by atoms with van der Waals surface area (Å²) in [5, 5.41) is 10.4. The molecule has 1 aliphatic carbocycles. The molecule has 1 aliphatic rings. The standard InChI is InChI=1S/C14H23N3O3S2/c1-2-3-10-22(19,20)14-17-16-13(21-14)15-12(18)9-8-11-6-4-5-7-11/h11H,2-10H2,1H3,(H,15,16,18). The van der Waals surface area contributed by atoms with Crippen LogP contribution in [0.15, 0.2) is 4.34 Å². The molecule has 6 nitrogen and oxygen atoms in total. The third kappa shape index (κ3) is 5.01. The Kier molecular flexibility index (Phi) is 6.31. The van der Waals surface area contributed by atoms with E-state index in [0.29, 0.717) is 18.8 Å². The molecule has 0 aromatic carbocycles. The van der Waals surface area contributed by atoms with Crippen LogP contribution in [-0.2, 0) is 14.6 Å². The van der Waals surface area contributed by atoms with Gasteiger partial charge in [-0.15, -0.1) is 10.2 Å². The number of nitrogens with zero attached hydrogens (tertiary/aromatic N) is 2. The van der Waals surface area contributed by atoms with Crippen molar-refractivity contribution in [1.29, 1.82) is 0 Å². The molecule has 2 rings (SSSR count). The average molecular weight is 345 g/mol. The minimum absolute atomic E-state index is 0.00737. The van der Waals surface area contributed by atoms with Crippen molar-refractivity contribution >= 4 is 32.2 Å². The summed E-state index contributed by atoms with van der Waals surface area (Å²) in [5.41, 5.74) is 0. The number of nitrogens with one attached hydrogen (secondary N) is 1. The number of amides is 1. The van der Waals surface area contributed by atoms with Crippen LogP contribution in [0.1, 0.15) is 58.3 Å². The van der Waals surface area contributed by atoms with Crippen molar-refractivity contribution in [2.45, 2.75) is 62.6 Å². The lowest BCUT2D eigenvalue weighted by Crippen LogP contribution is -2.12. The second-order valence-electron chi connectivity index (χ2n) is 5.78. The normalized spacial score (nSPS) is 16.0. The highest BCUT2D eigenvalue weighted by atomic mass is 32.2. The van der Waals surface area contributed by atoms with Crippen LogP contribution in [0.2, 0.25) is 0 Å². The van der Waals surface area contributed by atoms with Gasteiger partial charge in [0.2, 0.25) is 25.2 Å². The van der Waals surface area contributed by atoms with Gasteiger partial charge in [-0.25, -0.2) is 8.42 Å². The average Bonchev–Trinajstić information content (AvgIpc) is 3.14. The molecule has 0 unspecified atom stereocenters. The van der Waals surface area contributed by atoms with E-state index in [-0.39, 0.29) is 21.1 Å². The third-order valence-corrected chi connectivity index (χ3v) is 7.02. The number of hydrogen-bond donors (Lipinski definition) is 1. The minimum atomic E-state index is -3.37. The van der Waals surface area contributed by atoms with Crippen molar-refractivity contribution in [2.24, 2.45) is 5.92 Å². The first-order valence-corrected chi connectivity index (χ1v) is 10.3. The van der Waals surface area contributed by atoms with E-state index in [4.69, 9.17) is 0 Å². The van der Waals surface area contributed by atoms with Crippen LogP contribution in [0.4, 0.5) is 5.13 Å². The molecule has 1 saturated carbocycles. The number of anilines is 1. The van der Waals surface area contributed by atoms with E-state index in [1.54, 1.807) is 0 Å². The van der Waals surface area contributed by atoms with Crippen LogP contribution in [0, 0.1) is 5.92 Å². The Morgan fingerprint density at radius 3 is 2.73 bits per heavy atom. The second kappa shape index (κ2) is 8.01. The monoisotopic (exact) mass is 345 g/mol. The Morgan fingerprint density at radius 2 is 2.05 bits per heavy atom. The van der Waals surface area contributed by atoms with Crippen molar-refractivity contribution < 1.29 is 13.2 Å². The minimum Gasteiger partial charge on any atom is -0.301 e. The Labute approximate surface area is 135 Å². The highest BCUT2D eigenvalue weighted by Gasteiger charge is 2.21. The molecule has 0 bridgehead atoms. The maximum Gasteiger partial charge on any atom is 0.234 e. The summed E-state index contributed by atoms with van der Waals surface area (Å²) in [4.78, 5) is 11.9. The summed E-state index contributed by atoms with van der Waals surface area (Å²) < 4.78 is 24.0. The zero-order valence-electron chi connectivity index (χ0n) is 12.9. The van der Waals surface area contributed by atoms with Gasteiger partial charge in [0.1, 0.15) is 0 Å². The topological polar surface area (TPSA) is 89.0 Å². The van der Waals surface area contributed by atoms with Gasteiger partial charge < -0.3 is 5.32 Å². The number of unbranched alkanes of at least 4 members (excludes halogenated alkanes) is 1. The number of aromatic nitrogens is 2. The highest BCUT2D eigenvalue weighted by Crippen LogP contribution is 2.29. The number of rotatable bonds is 8. The lowest BCUT2D eigenvalue weighted by molar-refractivity contribution is -0.116. The van der Waals surface area contributed by atoms with E-state index >= 15 is 0 Å². The van der Waals surface area contributed by atoms with E-state index in [1.165, 1.54) is 25.7 Å².